The van der Waals surface area contributed by atoms with Crippen molar-refractivity contribution in [2.24, 2.45) is 5.41 Å². The van der Waals surface area contributed by atoms with E-state index in [4.69, 9.17) is 5.73 Å². The first-order chi connectivity index (χ1) is 6.98. The third-order valence-electron chi connectivity index (χ3n) is 3.24. The Bertz CT molecular complexity index is 369. The van der Waals surface area contributed by atoms with Crippen molar-refractivity contribution < 1.29 is 0 Å². The van der Waals surface area contributed by atoms with Gasteiger partial charge in [-0.15, -0.1) is 0 Å². The second-order valence-corrected chi connectivity index (χ2v) is 5.38. The zero-order valence-corrected chi connectivity index (χ0v) is 9.88. The van der Waals surface area contributed by atoms with Crippen LogP contribution in [0.25, 0.3) is 0 Å². The third-order valence-corrected chi connectivity index (χ3v) is 3.24. The maximum atomic E-state index is 5.76. The summed E-state index contributed by atoms with van der Waals surface area (Å²) < 4.78 is 0. The molecule has 0 atom stereocenters. The first-order valence-electron chi connectivity index (χ1n) is 5.59. The molecule has 0 bridgehead atoms. The number of benzene rings is 1. The number of rotatable bonds is 1. The topological polar surface area (TPSA) is 29.3 Å². The predicted octanol–water partition coefficient (Wildman–Crippen LogP) is 2.81. The Balaban J connectivity index is 2.24. The summed E-state index contributed by atoms with van der Waals surface area (Å²) in [5.41, 5.74) is 9.70. The van der Waals surface area contributed by atoms with Gasteiger partial charge in [-0.05, 0) is 42.5 Å². The third kappa shape index (κ3) is 2.09. The van der Waals surface area contributed by atoms with Crippen molar-refractivity contribution in [3.8, 4) is 0 Å². The maximum absolute atomic E-state index is 5.76. The van der Waals surface area contributed by atoms with E-state index in [0.717, 1.165) is 18.8 Å². The Morgan fingerprint density at radius 2 is 2.07 bits per heavy atom. The van der Waals surface area contributed by atoms with Gasteiger partial charge in [0.1, 0.15) is 0 Å². The normalized spacial score (nSPS) is 19.5. The molecule has 2 nitrogen and oxygen atoms in total. The highest BCUT2D eigenvalue weighted by Gasteiger charge is 2.29. The van der Waals surface area contributed by atoms with E-state index in [-0.39, 0.29) is 0 Å². The van der Waals surface area contributed by atoms with E-state index in [0.29, 0.717) is 5.41 Å². The zero-order valence-electron chi connectivity index (χ0n) is 9.88. The highest BCUT2D eigenvalue weighted by Crippen LogP contribution is 2.34. The van der Waals surface area contributed by atoms with Crippen molar-refractivity contribution in [3.05, 3.63) is 23.8 Å². The van der Waals surface area contributed by atoms with Gasteiger partial charge in [0.2, 0.25) is 0 Å². The van der Waals surface area contributed by atoms with Crippen LogP contribution in [-0.4, -0.2) is 13.1 Å². The molecule has 82 valence electrons. The Kier molecular flexibility index (Phi) is 2.37. The van der Waals surface area contributed by atoms with Crippen LogP contribution in [-0.2, 0) is 0 Å². The van der Waals surface area contributed by atoms with Gasteiger partial charge in [0.05, 0.1) is 0 Å². The molecule has 1 aromatic carbocycles. The summed E-state index contributed by atoms with van der Waals surface area (Å²) in [6, 6.07) is 6.19. The van der Waals surface area contributed by atoms with Crippen LogP contribution in [0.1, 0.15) is 25.8 Å². The molecule has 15 heavy (non-hydrogen) atoms. The van der Waals surface area contributed by atoms with Gasteiger partial charge in [0.25, 0.3) is 0 Å². The van der Waals surface area contributed by atoms with Crippen LogP contribution in [0, 0.1) is 12.3 Å². The predicted molar refractivity (Wildman–Crippen MR) is 66.2 cm³/mol. The first kappa shape index (κ1) is 10.3. The Labute approximate surface area is 92.1 Å². The summed E-state index contributed by atoms with van der Waals surface area (Å²) in [7, 11) is 0. The summed E-state index contributed by atoms with van der Waals surface area (Å²) in [5, 5.41) is 0. The minimum Gasteiger partial charge on any atom is -0.399 e. The average Bonchev–Trinajstić information content (AvgIpc) is 2.46. The van der Waals surface area contributed by atoms with E-state index in [1.54, 1.807) is 0 Å². The molecule has 1 aliphatic rings. The van der Waals surface area contributed by atoms with Crippen LogP contribution < -0.4 is 10.6 Å². The van der Waals surface area contributed by atoms with Crippen LogP contribution in [0.5, 0.6) is 0 Å². The number of hydrogen-bond donors (Lipinski definition) is 1. The van der Waals surface area contributed by atoms with Crippen molar-refractivity contribution in [2.75, 3.05) is 23.7 Å². The van der Waals surface area contributed by atoms with Gasteiger partial charge >= 0.3 is 0 Å². The van der Waals surface area contributed by atoms with Gasteiger partial charge in [-0.3, -0.25) is 0 Å². The molecule has 0 spiro atoms. The van der Waals surface area contributed by atoms with Gasteiger partial charge in [-0.2, -0.15) is 0 Å². The van der Waals surface area contributed by atoms with E-state index in [2.05, 4.69) is 37.8 Å². The molecule has 0 amide bonds. The van der Waals surface area contributed by atoms with Crippen molar-refractivity contribution in [1.29, 1.82) is 0 Å². The number of nitrogens with zero attached hydrogens (tertiary/aromatic N) is 1. The van der Waals surface area contributed by atoms with Crippen molar-refractivity contribution in [1.82, 2.24) is 0 Å². The van der Waals surface area contributed by atoms with Gasteiger partial charge in [0.15, 0.2) is 0 Å². The molecule has 1 saturated heterocycles. The quantitative estimate of drug-likeness (QED) is 0.713. The van der Waals surface area contributed by atoms with Crippen LogP contribution >= 0.6 is 0 Å². The van der Waals surface area contributed by atoms with Crippen molar-refractivity contribution >= 4 is 11.4 Å². The van der Waals surface area contributed by atoms with Crippen molar-refractivity contribution in [2.45, 2.75) is 27.2 Å². The number of hydrogen-bond acceptors (Lipinski definition) is 2. The lowest BCUT2D eigenvalue weighted by molar-refractivity contribution is 0.418. The fraction of sp³-hybridized carbons (Fsp3) is 0.538. The molecule has 0 aromatic heterocycles. The summed E-state index contributed by atoms with van der Waals surface area (Å²) in [4.78, 5) is 2.47. The second kappa shape index (κ2) is 3.44. The molecule has 2 N–H and O–H groups in total. The Hall–Kier alpha value is -1.18. The monoisotopic (exact) mass is 204 g/mol. The molecule has 2 heteroatoms. The van der Waals surface area contributed by atoms with Crippen LogP contribution in [0.4, 0.5) is 11.4 Å². The first-order valence-corrected chi connectivity index (χ1v) is 5.59. The standard InChI is InChI=1S/C13H20N2/c1-10-8-11(14)4-5-12(10)15-7-6-13(2,3)9-15/h4-5,8H,6-7,9,14H2,1-3H3. The molecule has 2 rings (SSSR count). The lowest BCUT2D eigenvalue weighted by Crippen LogP contribution is -2.23. The van der Waals surface area contributed by atoms with Crippen molar-refractivity contribution in [3.63, 3.8) is 0 Å². The number of nitrogens with two attached hydrogens (primary N) is 1. The van der Waals surface area contributed by atoms with E-state index in [1.165, 1.54) is 17.7 Å². The summed E-state index contributed by atoms with van der Waals surface area (Å²) in [6.45, 7) is 9.12. The molecular weight excluding hydrogens is 184 g/mol. The largest absolute Gasteiger partial charge is 0.399 e. The van der Waals surface area contributed by atoms with Gasteiger partial charge in [-0.25, -0.2) is 0 Å². The Morgan fingerprint density at radius 1 is 1.33 bits per heavy atom. The minimum atomic E-state index is 0.452. The van der Waals surface area contributed by atoms with E-state index in [9.17, 15) is 0 Å². The van der Waals surface area contributed by atoms with Gasteiger partial charge < -0.3 is 10.6 Å². The van der Waals surface area contributed by atoms with E-state index >= 15 is 0 Å². The molecule has 1 aromatic rings. The molecule has 0 saturated carbocycles. The highest BCUT2D eigenvalue weighted by atomic mass is 15.2. The molecule has 1 fully saturated rings. The molecule has 1 aliphatic heterocycles. The SMILES string of the molecule is Cc1cc(N)ccc1N1CCC(C)(C)C1. The highest BCUT2D eigenvalue weighted by molar-refractivity contribution is 5.59. The van der Waals surface area contributed by atoms with E-state index in [1.807, 2.05) is 6.07 Å². The molecule has 0 aliphatic carbocycles. The Morgan fingerprint density at radius 3 is 2.60 bits per heavy atom. The van der Waals surface area contributed by atoms with Gasteiger partial charge in [-0.1, -0.05) is 13.8 Å². The molecular formula is C13H20N2. The summed E-state index contributed by atoms with van der Waals surface area (Å²) in [6.07, 6.45) is 1.27. The summed E-state index contributed by atoms with van der Waals surface area (Å²) >= 11 is 0. The lowest BCUT2D eigenvalue weighted by Gasteiger charge is -2.23. The summed E-state index contributed by atoms with van der Waals surface area (Å²) in [5.74, 6) is 0. The fourth-order valence-corrected chi connectivity index (χ4v) is 2.35. The smallest absolute Gasteiger partial charge is 0.0397 e. The molecule has 1 heterocycles. The van der Waals surface area contributed by atoms with Crippen LogP contribution in [0.3, 0.4) is 0 Å². The average molecular weight is 204 g/mol. The number of nitrogen functional groups attached to an aromatic ring is 1. The van der Waals surface area contributed by atoms with Crippen LogP contribution in [0.15, 0.2) is 18.2 Å². The number of aryl methyl sites for hydroxylation is 1. The fourth-order valence-electron chi connectivity index (χ4n) is 2.35. The minimum absolute atomic E-state index is 0.452. The lowest BCUT2D eigenvalue weighted by atomic mass is 9.93. The number of anilines is 2. The second-order valence-electron chi connectivity index (χ2n) is 5.38. The zero-order chi connectivity index (χ0) is 11.1. The van der Waals surface area contributed by atoms with E-state index < -0.39 is 0 Å². The molecule has 0 radical (unpaired) electrons. The van der Waals surface area contributed by atoms with Gasteiger partial charge in [0, 0.05) is 24.5 Å². The van der Waals surface area contributed by atoms with Crippen LogP contribution in [0.2, 0.25) is 0 Å². The molecule has 0 unspecified atom stereocenters. The maximum Gasteiger partial charge on any atom is 0.0397 e.